The molecule has 1 rings (SSSR count). The standard InChI is InChI=1S/C14H23NO/c1-11(2)16-9-8-15-13(4)14-7-5-6-12(3)10-14/h5-7,10-11,13,15H,8-9H2,1-4H3. The highest BCUT2D eigenvalue weighted by molar-refractivity contribution is 5.24. The highest BCUT2D eigenvalue weighted by atomic mass is 16.5. The van der Waals surface area contributed by atoms with Crippen LogP contribution in [0.15, 0.2) is 24.3 Å². The zero-order chi connectivity index (χ0) is 12.0. The van der Waals surface area contributed by atoms with Crippen LogP contribution in [-0.4, -0.2) is 19.3 Å². The van der Waals surface area contributed by atoms with Crippen molar-refractivity contribution in [2.24, 2.45) is 0 Å². The van der Waals surface area contributed by atoms with Crippen molar-refractivity contribution in [2.45, 2.75) is 39.8 Å². The summed E-state index contributed by atoms with van der Waals surface area (Å²) in [7, 11) is 0. The number of rotatable bonds is 6. The lowest BCUT2D eigenvalue weighted by Crippen LogP contribution is -2.24. The highest BCUT2D eigenvalue weighted by Gasteiger charge is 2.04. The van der Waals surface area contributed by atoms with E-state index in [0.29, 0.717) is 12.1 Å². The molecule has 0 aliphatic heterocycles. The first kappa shape index (κ1) is 13.2. The minimum absolute atomic E-state index is 0.316. The maximum Gasteiger partial charge on any atom is 0.0594 e. The molecule has 0 saturated heterocycles. The lowest BCUT2D eigenvalue weighted by Gasteiger charge is -2.15. The first-order valence-corrected chi connectivity index (χ1v) is 6.01. The molecule has 1 atom stereocenters. The summed E-state index contributed by atoms with van der Waals surface area (Å²) >= 11 is 0. The number of hydrogen-bond acceptors (Lipinski definition) is 2. The van der Waals surface area contributed by atoms with Gasteiger partial charge in [0.2, 0.25) is 0 Å². The number of nitrogens with one attached hydrogen (secondary N) is 1. The molecule has 1 aromatic carbocycles. The van der Waals surface area contributed by atoms with Gasteiger partial charge >= 0.3 is 0 Å². The van der Waals surface area contributed by atoms with Crippen LogP contribution in [0, 0.1) is 6.92 Å². The molecular formula is C14H23NO. The molecule has 90 valence electrons. The van der Waals surface area contributed by atoms with E-state index in [0.717, 1.165) is 13.2 Å². The number of aryl methyl sites for hydroxylation is 1. The van der Waals surface area contributed by atoms with E-state index < -0.39 is 0 Å². The summed E-state index contributed by atoms with van der Waals surface area (Å²) in [5, 5.41) is 3.46. The lowest BCUT2D eigenvalue weighted by atomic mass is 10.1. The van der Waals surface area contributed by atoms with Gasteiger partial charge in [-0.1, -0.05) is 29.8 Å². The lowest BCUT2D eigenvalue weighted by molar-refractivity contribution is 0.0796. The van der Waals surface area contributed by atoms with E-state index in [1.165, 1.54) is 11.1 Å². The van der Waals surface area contributed by atoms with E-state index in [9.17, 15) is 0 Å². The Kier molecular flexibility index (Phi) is 5.50. The Hall–Kier alpha value is -0.860. The van der Waals surface area contributed by atoms with E-state index >= 15 is 0 Å². The average Bonchev–Trinajstić information content (AvgIpc) is 2.24. The second-order valence-corrected chi connectivity index (χ2v) is 4.51. The summed E-state index contributed by atoms with van der Waals surface area (Å²) < 4.78 is 5.49. The topological polar surface area (TPSA) is 21.3 Å². The van der Waals surface area contributed by atoms with Crippen LogP contribution in [0.2, 0.25) is 0 Å². The molecule has 0 saturated carbocycles. The van der Waals surface area contributed by atoms with Gasteiger partial charge in [0, 0.05) is 12.6 Å². The van der Waals surface area contributed by atoms with Crippen molar-refractivity contribution in [1.82, 2.24) is 5.32 Å². The van der Waals surface area contributed by atoms with E-state index in [1.54, 1.807) is 0 Å². The molecule has 16 heavy (non-hydrogen) atoms. The van der Waals surface area contributed by atoms with Crippen molar-refractivity contribution >= 4 is 0 Å². The van der Waals surface area contributed by atoms with Crippen LogP contribution in [0.5, 0.6) is 0 Å². The summed E-state index contributed by atoms with van der Waals surface area (Å²) in [6, 6.07) is 9.00. The van der Waals surface area contributed by atoms with Crippen LogP contribution in [0.3, 0.4) is 0 Å². The molecule has 0 aromatic heterocycles. The predicted molar refractivity (Wildman–Crippen MR) is 68.7 cm³/mol. The molecule has 1 aromatic rings. The van der Waals surface area contributed by atoms with Gasteiger partial charge in [-0.05, 0) is 33.3 Å². The smallest absolute Gasteiger partial charge is 0.0594 e. The fourth-order valence-corrected chi connectivity index (χ4v) is 1.63. The molecule has 0 radical (unpaired) electrons. The molecule has 0 fully saturated rings. The third kappa shape index (κ3) is 4.77. The quantitative estimate of drug-likeness (QED) is 0.745. The normalized spacial score (nSPS) is 13.1. The molecule has 0 heterocycles. The van der Waals surface area contributed by atoms with Crippen LogP contribution in [0.25, 0.3) is 0 Å². The van der Waals surface area contributed by atoms with E-state index in [-0.39, 0.29) is 0 Å². The van der Waals surface area contributed by atoms with Gasteiger partial charge in [0.05, 0.1) is 12.7 Å². The molecule has 0 aliphatic rings. The van der Waals surface area contributed by atoms with Crippen LogP contribution in [0.4, 0.5) is 0 Å². The average molecular weight is 221 g/mol. The Morgan fingerprint density at radius 2 is 2.00 bits per heavy atom. The van der Waals surface area contributed by atoms with Crippen molar-refractivity contribution in [3.05, 3.63) is 35.4 Å². The van der Waals surface area contributed by atoms with E-state index in [1.807, 2.05) is 0 Å². The summed E-state index contributed by atoms with van der Waals surface area (Å²) in [4.78, 5) is 0. The molecule has 0 aliphatic carbocycles. The van der Waals surface area contributed by atoms with Crippen molar-refractivity contribution < 1.29 is 4.74 Å². The first-order valence-electron chi connectivity index (χ1n) is 6.01. The first-order chi connectivity index (χ1) is 7.59. The molecule has 1 unspecified atom stereocenters. The zero-order valence-corrected chi connectivity index (χ0v) is 10.8. The minimum atomic E-state index is 0.316. The van der Waals surface area contributed by atoms with E-state index in [2.05, 4.69) is 57.3 Å². The summed E-state index contributed by atoms with van der Waals surface area (Å²) in [6.45, 7) is 10.1. The highest BCUT2D eigenvalue weighted by Crippen LogP contribution is 2.13. The van der Waals surface area contributed by atoms with Crippen molar-refractivity contribution in [1.29, 1.82) is 0 Å². The molecule has 0 amide bonds. The summed E-state index contributed by atoms with van der Waals surface area (Å²) in [5.41, 5.74) is 2.65. The fourth-order valence-electron chi connectivity index (χ4n) is 1.63. The maximum atomic E-state index is 5.49. The van der Waals surface area contributed by atoms with Gasteiger partial charge in [0.1, 0.15) is 0 Å². The monoisotopic (exact) mass is 221 g/mol. The third-order valence-corrected chi connectivity index (χ3v) is 2.55. The maximum absolute atomic E-state index is 5.49. The molecule has 2 heteroatoms. The summed E-state index contributed by atoms with van der Waals surface area (Å²) in [5.74, 6) is 0. The second-order valence-electron chi connectivity index (χ2n) is 4.51. The summed E-state index contributed by atoms with van der Waals surface area (Å²) in [6.07, 6.45) is 0.316. The number of benzene rings is 1. The van der Waals surface area contributed by atoms with Gasteiger partial charge in [-0.25, -0.2) is 0 Å². The van der Waals surface area contributed by atoms with Gasteiger partial charge in [0.25, 0.3) is 0 Å². The van der Waals surface area contributed by atoms with Crippen molar-refractivity contribution in [3.63, 3.8) is 0 Å². The van der Waals surface area contributed by atoms with Gasteiger partial charge < -0.3 is 10.1 Å². The molecule has 0 spiro atoms. The SMILES string of the molecule is Cc1cccc(C(C)NCCOC(C)C)c1. The minimum Gasteiger partial charge on any atom is -0.377 e. The Morgan fingerprint density at radius 1 is 1.25 bits per heavy atom. The molecule has 1 N–H and O–H groups in total. The van der Waals surface area contributed by atoms with Crippen molar-refractivity contribution in [3.8, 4) is 0 Å². The van der Waals surface area contributed by atoms with Crippen LogP contribution in [0.1, 0.15) is 37.9 Å². The Morgan fingerprint density at radius 3 is 2.62 bits per heavy atom. The Labute approximate surface area is 99.0 Å². The Balaban J connectivity index is 2.32. The predicted octanol–water partition coefficient (Wildman–Crippen LogP) is 3.07. The molecule has 0 bridgehead atoms. The third-order valence-electron chi connectivity index (χ3n) is 2.55. The number of hydrogen-bond donors (Lipinski definition) is 1. The van der Waals surface area contributed by atoms with Gasteiger partial charge in [-0.15, -0.1) is 0 Å². The van der Waals surface area contributed by atoms with Crippen LogP contribution >= 0.6 is 0 Å². The van der Waals surface area contributed by atoms with Crippen LogP contribution in [-0.2, 0) is 4.74 Å². The van der Waals surface area contributed by atoms with Crippen molar-refractivity contribution in [2.75, 3.05) is 13.2 Å². The zero-order valence-electron chi connectivity index (χ0n) is 10.8. The molecular weight excluding hydrogens is 198 g/mol. The van der Waals surface area contributed by atoms with Gasteiger partial charge in [-0.3, -0.25) is 0 Å². The van der Waals surface area contributed by atoms with E-state index in [4.69, 9.17) is 4.74 Å². The van der Waals surface area contributed by atoms with Gasteiger partial charge in [0.15, 0.2) is 0 Å². The fraction of sp³-hybridized carbons (Fsp3) is 0.571. The number of ether oxygens (including phenoxy) is 1. The molecule has 2 nitrogen and oxygen atoms in total. The largest absolute Gasteiger partial charge is 0.377 e. The second kappa shape index (κ2) is 6.66. The van der Waals surface area contributed by atoms with Gasteiger partial charge in [-0.2, -0.15) is 0 Å². The Bertz CT molecular complexity index is 309. The van der Waals surface area contributed by atoms with Crippen LogP contribution < -0.4 is 5.32 Å².